The van der Waals surface area contributed by atoms with Crippen molar-refractivity contribution in [3.63, 3.8) is 0 Å². The van der Waals surface area contributed by atoms with Gasteiger partial charge in [-0.1, -0.05) is 5.16 Å². The van der Waals surface area contributed by atoms with Crippen molar-refractivity contribution in [3.05, 3.63) is 11.5 Å². The summed E-state index contributed by atoms with van der Waals surface area (Å²) in [5.41, 5.74) is 0.338. The molecule has 1 heterocycles. The van der Waals surface area contributed by atoms with E-state index in [1.54, 1.807) is 6.92 Å². The molecule has 10 heavy (non-hydrogen) atoms. The Bertz CT molecular complexity index is 264. The highest BCUT2D eigenvalue weighted by Gasteiger charge is 2.14. The fraction of sp³-hybridized carbons (Fsp3) is 0.333. The summed E-state index contributed by atoms with van der Waals surface area (Å²) in [6.07, 6.45) is 0. The summed E-state index contributed by atoms with van der Waals surface area (Å²) >= 11 is 0. The molecule has 0 bridgehead atoms. The summed E-state index contributed by atoms with van der Waals surface area (Å²) in [5, 5.41) is 12.4. The molecular formula is C6H7NO3. The van der Waals surface area contributed by atoms with Crippen LogP contribution in [0, 0.1) is 6.92 Å². The van der Waals surface area contributed by atoms with Crippen molar-refractivity contribution < 1.29 is 14.4 Å². The summed E-state index contributed by atoms with van der Waals surface area (Å²) in [7, 11) is 0. The van der Waals surface area contributed by atoms with Crippen LogP contribution in [0.5, 0.6) is 5.75 Å². The van der Waals surface area contributed by atoms with E-state index in [0.29, 0.717) is 5.69 Å². The van der Waals surface area contributed by atoms with E-state index in [4.69, 9.17) is 5.11 Å². The van der Waals surface area contributed by atoms with Gasteiger partial charge in [-0.15, -0.1) is 0 Å². The smallest absolute Gasteiger partial charge is 0.243 e. The second kappa shape index (κ2) is 2.13. The van der Waals surface area contributed by atoms with E-state index in [2.05, 4.69) is 9.68 Å². The van der Waals surface area contributed by atoms with Crippen LogP contribution in [0.3, 0.4) is 0 Å². The number of aryl methyl sites for hydroxylation is 1. The van der Waals surface area contributed by atoms with Crippen LogP contribution in [0.2, 0.25) is 0 Å². The van der Waals surface area contributed by atoms with E-state index in [-0.39, 0.29) is 17.3 Å². The first-order valence-electron chi connectivity index (χ1n) is 2.79. The SMILES string of the molecule is CC(=O)c1onc(C)c1O. The highest BCUT2D eigenvalue weighted by Crippen LogP contribution is 2.20. The van der Waals surface area contributed by atoms with Gasteiger partial charge < -0.3 is 9.63 Å². The van der Waals surface area contributed by atoms with Gasteiger partial charge in [0.1, 0.15) is 5.69 Å². The van der Waals surface area contributed by atoms with Gasteiger partial charge in [0, 0.05) is 6.92 Å². The Morgan fingerprint density at radius 2 is 2.30 bits per heavy atom. The number of hydrogen-bond donors (Lipinski definition) is 1. The Kier molecular flexibility index (Phi) is 1.45. The van der Waals surface area contributed by atoms with Crippen LogP contribution in [-0.2, 0) is 0 Å². The molecule has 0 amide bonds. The van der Waals surface area contributed by atoms with Crippen LogP contribution in [-0.4, -0.2) is 16.0 Å². The topological polar surface area (TPSA) is 63.3 Å². The van der Waals surface area contributed by atoms with Crippen LogP contribution in [0.4, 0.5) is 0 Å². The first-order chi connectivity index (χ1) is 4.63. The van der Waals surface area contributed by atoms with Crippen molar-refractivity contribution in [1.29, 1.82) is 0 Å². The lowest BCUT2D eigenvalue weighted by atomic mass is 10.3. The van der Waals surface area contributed by atoms with E-state index in [1.165, 1.54) is 6.92 Å². The highest BCUT2D eigenvalue weighted by atomic mass is 16.5. The highest BCUT2D eigenvalue weighted by molar-refractivity contribution is 5.93. The molecular weight excluding hydrogens is 134 g/mol. The van der Waals surface area contributed by atoms with Crippen LogP contribution < -0.4 is 0 Å². The van der Waals surface area contributed by atoms with Gasteiger partial charge in [-0.05, 0) is 6.92 Å². The Morgan fingerprint density at radius 1 is 1.70 bits per heavy atom. The predicted molar refractivity (Wildman–Crippen MR) is 32.9 cm³/mol. The van der Waals surface area contributed by atoms with Crippen molar-refractivity contribution in [2.75, 3.05) is 0 Å². The van der Waals surface area contributed by atoms with Gasteiger partial charge >= 0.3 is 0 Å². The average molecular weight is 141 g/mol. The number of carbonyl (C=O) groups excluding carboxylic acids is 1. The maximum absolute atomic E-state index is 10.6. The standard InChI is InChI=1S/C6H7NO3/c1-3-5(9)6(4(2)8)10-7-3/h9H,1-2H3. The molecule has 1 rings (SSSR count). The van der Waals surface area contributed by atoms with E-state index in [1.807, 2.05) is 0 Å². The molecule has 1 N–H and O–H groups in total. The molecule has 0 unspecified atom stereocenters. The lowest BCUT2D eigenvalue weighted by molar-refractivity contribution is 0.0975. The normalized spacial score (nSPS) is 9.80. The molecule has 0 saturated carbocycles. The number of aromatic nitrogens is 1. The fourth-order valence-electron chi connectivity index (χ4n) is 0.596. The lowest BCUT2D eigenvalue weighted by Crippen LogP contribution is -1.87. The molecule has 0 aliphatic rings. The van der Waals surface area contributed by atoms with Gasteiger partial charge in [-0.3, -0.25) is 4.79 Å². The third kappa shape index (κ3) is 0.877. The quantitative estimate of drug-likeness (QED) is 0.590. The Morgan fingerprint density at radius 3 is 2.50 bits per heavy atom. The average Bonchev–Trinajstić information content (AvgIpc) is 2.14. The second-order valence-electron chi connectivity index (χ2n) is 2.00. The maximum atomic E-state index is 10.6. The molecule has 0 aliphatic carbocycles. The Labute approximate surface area is 57.4 Å². The minimum absolute atomic E-state index is 0.0718. The van der Waals surface area contributed by atoms with Crippen molar-refractivity contribution >= 4 is 5.78 Å². The van der Waals surface area contributed by atoms with Crippen LogP contribution in [0.1, 0.15) is 23.2 Å². The van der Waals surface area contributed by atoms with Gasteiger partial charge in [-0.2, -0.15) is 0 Å². The molecule has 0 spiro atoms. The zero-order valence-corrected chi connectivity index (χ0v) is 5.71. The molecule has 0 atom stereocenters. The zero-order chi connectivity index (χ0) is 7.72. The van der Waals surface area contributed by atoms with Crippen molar-refractivity contribution in [1.82, 2.24) is 5.16 Å². The molecule has 0 aliphatic heterocycles. The van der Waals surface area contributed by atoms with Crippen molar-refractivity contribution in [3.8, 4) is 5.75 Å². The lowest BCUT2D eigenvalue weighted by Gasteiger charge is -1.85. The van der Waals surface area contributed by atoms with Crippen LogP contribution in [0.15, 0.2) is 4.52 Å². The van der Waals surface area contributed by atoms with Gasteiger partial charge in [-0.25, -0.2) is 0 Å². The third-order valence-electron chi connectivity index (χ3n) is 1.15. The fourth-order valence-corrected chi connectivity index (χ4v) is 0.596. The summed E-state index contributed by atoms with van der Waals surface area (Å²) in [4.78, 5) is 10.6. The van der Waals surface area contributed by atoms with Gasteiger partial charge in [0.2, 0.25) is 11.5 Å². The minimum atomic E-state index is -0.321. The molecule has 54 valence electrons. The summed E-state index contributed by atoms with van der Waals surface area (Å²) in [5.74, 6) is -0.553. The number of aromatic hydroxyl groups is 1. The van der Waals surface area contributed by atoms with E-state index >= 15 is 0 Å². The molecule has 0 fully saturated rings. The second-order valence-corrected chi connectivity index (χ2v) is 2.00. The van der Waals surface area contributed by atoms with Crippen LogP contribution >= 0.6 is 0 Å². The number of Topliss-reactive ketones (excluding diaryl/α,β-unsaturated/α-hetero) is 1. The number of nitrogens with zero attached hydrogens (tertiary/aromatic N) is 1. The molecule has 4 heteroatoms. The van der Waals surface area contributed by atoms with Crippen molar-refractivity contribution in [2.24, 2.45) is 0 Å². The van der Waals surface area contributed by atoms with E-state index in [0.717, 1.165) is 0 Å². The summed E-state index contributed by atoms with van der Waals surface area (Å²) in [6, 6.07) is 0. The van der Waals surface area contributed by atoms with E-state index in [9.17, 15) is 4.79 Å². The molecule has 0 radical (unpaired) electrons. The Balaban J connectivity index is 3.17. The van der Waals surface area contributed by atoms with Gasteiger partial charge in [0.05, 0.1) is 0 Å². The predicted octanol–water partition coefficient (Wildman–Crippen LogP) is 0.891. The molecule has 0 saturated heterocycles. The van der Waals surface area contributed by atoms with Crippen molar-refractivity contribution in [2.45, 2.75) is 13.8 Å². The summed E-state index contributed by atoms with van der Waals surface area (Å²) < 4.78 is 4.51. The van der Waals surface area contributed by atoms with E-state index < -0.39 is 0 Å². The zero-order valence-electron chi connectivity index (χ0n) is 5.71. The number of carbonyl (C=O) groups is 1. The molecule has 1 aromatic heterocycles. The summed E-state index contributed by atoms with van der Waals surface area (Å²) in [6.45, 7) is 2.87. The first kappa shape index (κ1) is 6.80. The maximum Gasteiger partial charge on any atom is 0.243 e. The number of hydrogen-bond acceptors (Lipinski definition) is 4. The molecule has 1 aromatic rings. The molecule has 4 nitrogen and oxygen atoms in total. The minimum Gasteiger partial charge on any atom is -0.503 e. The van der Waals surface area contributed by atoms with Crippen LogP contribution in [0.25, 0.3) is 0 Å². The van der Waals surface area contributed by atoms with Gasteiger partial charge in [0.25, 0.3) is 0 Å². The molecule has 0 aromatic carbocycles. The number of ketones is 1. The largest absolute Gasteiger partial charge is 0.503 e. The van der Waals surface area contributed by atoms with Gasteiger partial charge in [0.15, 0.2) is 5.75 Å². The monoisotopic (exact) mass is 141 g/mol. The first-order valence-corrected chi connectivity index (χ1v) is 2.79. The number of rotatable bonds is 1. The Hall–Kier alpha value is -1.32. The third-order valence-corrected chi connectivity index (χ3v) is 1.15.